The summed E-state index contributed by atoms with van der Waals surface area (Å²) in [6, 6.07) is 0. The van der Waals surface area contributed by atoms with E-state index in [9.17, 15) is 0 Å². The van der Waals surface area contributed by atoms with E-state index in [1.807, 2.05) is 6.92 Å². The Morgan fingerprint density at radius 3 is 2.62 bits per heavy atom. The zero-order valence-electron chi connectivity index (χ0n) is 5.43. The monoisotopic (exact) mass is 117 g/mol. The van der Waals surface area contributed by atoms with Gasteiger partial charge in [0.25, 0.3) is 0 Å². The fourth-order valence-electron chi connectivity index (χ4n) is 0.558. The molecule has 0 saturated heterocycles. The van der Waals surface area contributed by atoms with Crippen LogP contribution in [0, 0.1) is 0 Å². The molecular formula is C6H15NO. The standard InChI is InChI=1S/C6H15NO/c1-2-6(8)4-3-5-7/h6,8H,2-5,7H2,1H3/t6-/m0/s1. The van der Waals surface area contributed by atoms with Gasteiger partial charge in [-0.1, -0.05) is 6.92 Å². The van der Waals surface area contributed by atoms with Crippen LogP contribution in [-0.4, -0.2) is 17.8 Å². The second-order valence-electron chi connectivity index (χ2n) is 1.99. The van der Waals surface area contributed by atoms with Crippen LogP contribution in [0.1, 0.15) is 26.2 Å². The molecule has 0 aromatic rings. The number of hydrogen-bond acceptors (Lipinski definition) is 2. The van der Waals surface area contributed by atoms with Crippen LogP contribution in [0.5, 0.6) is 0 Å². The molecule has 0 aliphatic rings. The minimum Gasteiger partial charge on any atom is -0.393 e. The molecule has 2 heteroatoms. The highest BCUT2D eigenvalue weighted by molar-refractivity contribution is 4.51. The van der Waals surface area contributed by atoms with Crippen molar-refractivity contribution >= 4 is 0 Å². The molecular weight excluding hydrogens is 102 g/mol. The Hall–Kier alpha value is -0.0800. The maximum atomic E-state index is 8.93. The Labute approximate surface area is 50.7 Å². The van der Waals surface area contributed by atoms with E-state index in [4.69, 9.17) is 10.8 Å². The van der Waals surface area contributed by atoms with Crippen molar-refractivity contribution in [1.29, 1.82) is 0 Å². The molecule has 0 aliphatic carbocycles. The summed E-state index contributed by atoms with van der Waals surface area (Å²) in [6.45, 7) is 2.66. The highest BCUT2D eigenvalue weighted by atomic mass is 16.3. The first kappa shape index (κ1) is 7.92. The highest BCUT2D eigenvalue weighted by Crippen LogP contribution is 1.98. The third-order valence-electron chi connectivity index (χ3n) is 1.21. The van der Waals surface area contributed by atoms with E-state index >= 15 is 0 Å². The lowest BCUT2D eigenvalue weighted by atomic mass is 10.1. The minimum atomic E-state index is -0.126. The Kier molecular flexibility index (Phi) is 5.01. The third kappa shape index (κ3) is 4.09. The molecule has 0 aromatic carbocycles. The largest absolute Gasteiger partial charge is 0.393 e. The van der Waals surface area contributed by atoms with Crippen molar-refractivity contribution < 1.29 is 5.11 Å². The lowest BCUT2D eigenvalue weighted by Gasteiger charge is -2.03. The van der Waals surface area contributed by atoms with Gasteiger partial charge in [-0.15, -0.1) is 0 Å². The van der Waals surface area contributed by atoms with Crippen molar-refractivity contribution in [1.82, 2.24) is 0 Å². The summed E-state index contributed by atoms with van der Waals surface area (Å²) >= 11 is 0. The van der Waals surface area contributed by atoms with Gasteiger partial charge in [-0.05, 0) is 25.8 Å². The van der Waals surface area contributed by atoms with E-state index in [1.165, 1.54) is 0 Å². The molecule has 0 fully saturated rings. The van der Waals surface area contributed by atoms with Crippen molar-refractivity contribution in [2.45, 2.75) is 32.3 Å². The average Bonchev–Trinajstić information content (AvgIpc) is 1.83. The molecule has 0 bridgehead atoms. The summed E-state index contributed by atoms with van der Waals surface area (Å²) in [5.74, 6) is 0. The quantitative estimate of drug-likeness (QED) is 0.563. The molecule has 50 valence electrons. The average molecular weight is 117 g/mol. The van der Waals surface area contributed by atoms with Crippen LogP contribution < -0.4 is 5.73 Å². The topological polar surface area (TPSA) is 46.2 Å². The van der Waals surface area contributed by atoms with Gasteiger partial charge in [0.05, 0.1) is 6.10 Å². The van der Waals surface area contributed by atoms with E-state index in [0.717, 1.165) is 19.3 Å². The summed E-state index contributed by atoms with van der Waals surface area (Å²) in [6.07, 6.45) is 2.51. The first-order valence-electron chi connectivity index (χ1n) is 3.19. The van der Waals surface area contributed by atoms with Crippen LogP contribution in [0.2, 0.25) is 0 Å². The van der Waals surface area contributed by atoms with Crippen molar-refractivity contribution in [3.05, 3.63) is 0 Å². The second-order valence-corrected chi connectivity index (χ2v) is 1.99. The Morgan fingerprint density at radius 2 is 2.25 bits per heavy atom. The van der Waals surface area contributed by atoms with Crippen LogP contribution in [-0.2, 0) is 0 Å². The van der Waals surface area contributed by atoms with Gasteiger partial charge in [0.15, 0.2) is 0 Å². The smallest absolute Gasteiger partial charge is 0.0538 e. The van der Waals surface area contributed by atoms with Crippen LogP contribution in [0.3, 0.4) is 0 Å². The van der Waals surface area contributed by atoms with E-state index in [-0.39, 0.29) is 6.10 Å². The maximum absolute atomic E-state index is 8.93. The Balaban J connectivity index is 2.86. The predicted octanol–water partition coefficient (Wildman–Crippen LogP) is 0.496. The zero-order chi connectivity index (χ0) is 6.41. The molecule has 3 N–H and O–H groups in total. The SMILES string of the molecule is CC[C@H](O)CCCN. The molecule has 1 atom stereocenters. The molecule has 0 radical (unpaired) electrons. The fraction of sp³-hybridized carbons (Fsp3) is 1.00. The Bertz CT molecular complexity index is 47.8. The molecule has 0 amide bonds. The predicted molar refractivity (Wildman–Crippen MR) is 34.6 cm³/mol. The molecule has 0 rings (SSSR count). The van der Waals surface area contributed by atoms with Crippen LogP contribution in [0.15, 0.2) is 0 Å². The first-order chi connectivity index (χ1) is 3.81. The Morgan fingerprint density at radius 1 is 1.62 bits per heavy atom. The zero-order valence-corrected chi connectivity index (χ0v) is 5.43. The number of rotatable bonds is 4. The van der Waals surface area contributed by atoms with Crippen LogP contribution >= 0.6 is 0 Å². The summed E-state index contributed by atoms with van der Waals surface area (Å²) < 4.78 is 0. The van der Waals surface area contributed by atoms with E-state index < -0.39 is 0 Å². The summed E-state index contributed by atoms with van der Waals surface area (Å²) in [4.78, 5) is 0. The molecule has 0 saturated carbocycles. The minimum absolute atomic E-state index is 0.126. The van der Waals surface area contributed by atoms with Gasteiger partial charge in [0.1, 0.15) is 0 Å². The van der Waals surface area contributed by atoms with Gasteiger partial charge in [-0.3, -0.25) is 0 Å². The van der Waals surface area contributed by atoms with Gasteiger partial charge in [0, 0.05) is 0 Å². The van der Waals surface area contributed by atoms with Crippen LogP contribution in [0.4, 0.5) is 0 Å². The van der Waals surface area contributed by atoms with Gasteiger partial charge in [-0.25, -0.2) is 0 Å². The normalized spacial score (nSPS) is 13.9. The number of aliphatic hydroxyl groups is 1. The van der Waals surface area contributed by atoms with Crippen molar-refractivity contribution in [2.75, 3.05) is 6.54 Å². The molecule has 8 heavy (non-hydrogen) atoms. The summed E-state index contributed by atoms with van der Waals surface area (Å²) in [5.41, 5.74) is 5.22. The molecule has 0 unspecified atom stereocenters. The second kappa shape index (κ2) is 5.06. The van der Waals surface area contributed by atoms with E-state index in [1.54, 1.807) is 0 Å². The van der Waals surface area contributed by atoms with Crippen LogP contribution in [0.25, 0.3) is 0 Å². The van der Waals surface area contributed by atoms with Crippen molar-refractivity contribution in [3.8, 4) is 0 Å². The number of hydrogen-bond donors (Lipinski definition) is 2. The fourth-order valence-corrected chi connectivity index (χ4v) is 0.558. The first-order valence-corrected chi connectivity index (χ1v) is 3.19. The van der Waals surface area contributed by atoms with E-state index in [2.05, 4.69) is 0 Å². The molecule has 0 spiro atoms. The van der Waals surface area contributed by atoms with Crippen molar-refractivity contribution in [3.63, 3.8) is 0 Å². The molecule has 0 heterocycles. The molecule has 2 nitrogen and oxygen atoms in total. The van der Waals surface area contributed by atoms with Gasteiger partial charge >= 0.3 is 0 Å². The summed E-state index contributed by atoms with van der Waals surface area (Å²) in [7, 11) is 0. The lowest BCUT2D eigenvalue weighted by molar-refractivity contribution is 0.158. The van der Waals surface area contributed by atoms with Gasteiger partial charge in [-0.2, -0.15) is 0 Å². The summed E-state index contributed by atoms with van der Waals surface area (Å²) in [5, 5.41) is 8.93. The number of aliphatic hydroxyl groups excluding tert-OH is 1. The molecule has 0 aromatic heterocycles. The molecule has 0 aliphatic heterocycles. The maximum Gasteiger partial charge on any atom is 0.0538 e. The lowest BCUT2D eigenvalue weighted by Crippen LogP contribution is -2.07. The number of nitrogens with two attached hydrogens (primary N) is 1. The third-order valence-corrected chi connectivity index (χ3v) is 1.21. The van der Waals surface area contributed by atoms with Gasteiger partial charge < -0.3 is 10.8 Å². The van der Waals surface area contributed by atoms with Gasteiger partial charge in [0.2, 0.25) is 0 Å². The highest BCUT2D eigenvalue weighted by Gasteiger charge is 1.96. The van der Waals surface area contributed by atoms with Crippen molar-refractivity contribution in [2.24, 2.45) is 5.73 Å². The van der Waals surface area contributed by atoms with E-state index in [0.29, 0.717) is 6.54 Å².